The highest BCUT2D eigenvalue weighted by molar-refractivity contribution is 6.74. The van der Waals surface area contributed by atoms with Gasteiger partial charge in [0.1, 0.15) is 17.8 Å². The maximum atomic E-state index is 15.5. The molecule has 3 aliphatic carbocycles. The summed E-state index contributed by atoms with van der Waals surface area (Å²) in [4.78, 5) is 58.2. The van der Waals surface area contributed by atoms with Gasteiger partial charge in [0.05, 0.1) is 35.7 Å². The molecular weight excluding hydrogens is 709 g/mol. The van der Waals surface area contributed by atoms with E-state index in [9.17, 15) is 14.7 Å². The van der Waals surface area contributed by atoms with Crippen molar-refractivity contribution in [2.45, 2.75) is 161 Å². The number of hydrogen-bond acceptors (Lipinski definition) is 10. The zero-order valence-corrected chi connectivity index (χ0v) is 35.8. The molecule has 5 rings (SSSR count). The first-order valence-corrected chi connectivity index (χ1v) is 24.9. The summed E-state index contributed by atoms with van der Waals surface area (Å²) in [6, 6.07) is 13.3. The van der Waals surface area contributed by atoms with E-state index in [0.29, 0.717) is 5.57 Å². The Balaban J connectivity index is 1.87. The number of fused-ring (bicyclic) bond motifs is 5. The van der Waals surface area contributed by atoms with Gasteiger partial charge in [-0.1, -0.05) is 73.6 Å². The van der Waals surface area contributed by atoms with E-state index >= 15 is 9.59 Å². The molecule has 294 valence electrons. The predicted molar refractivity (Wildman–Crippen MR) is 206 cm³/mol. The first-order valence-electron chi connectivity index (χ1n) is 19.8. The van der Waals surface area contributed by atoms with Gasteiger partial charge in [0.2, 0.25) is 11.6 Å². The summed E-state index contributed by atoms with van der Waals surface area (Å²) in [5, 5.41) is 13.7. The fourth-order valence-corrected chi connectivity index (χ4v) is 16.1. The highest BCUT2D eigenvalue weighted by Crippen LogP contribution is 2.64. The van der Waals surface area contributed by atoms with Gasteiger partial charge in [0.15, 0.2) is 22.2 Å². The number of Topliss-reactive ketones (excluding diaryl/α,β-unsaturated/α-hetero) is 2. The Labute approximate surface area is 318 Å². The predicted octanol–water partition coefficient (Wildman–Crippen LogP) is 7.35. The average molecular weight is 771 g/mol. The Morgan fingerprint density at radius 2 is 1.43 bits per heavy atom. The molecule has 1 aliphatic heterocycles. The summed E-state index contributed by atoms with van der Waals surface area (Å²) in [5.41, 5.74) is -5.51. The number of hydrogen-bond donors (Lipinski definition) is 1. The van der Waals surface area contributed by atoms with Crippen LogP contribution in [0.2, 0.25) is 36.3 Å². The molecule has 0 aromatic heterocycles. The van der Waals surface area contributed by atoms with Crippen molar-refractivity contribution in [2.75, 3.05) is 6.61 Å². The summed E-state index contributed by atoms with van der Waals surface area (Å²) in [7, 11) is -4.82. The molecule has 1 N–H and O–H groups in total. The van der Waals surface area contributed by atoms with Crippen LogP contribution in [0.3, 0.4) is 0 Å². The van der Waals surface area contributed by atoms with Gasteiger partial charge in [-0.2, -0.15) is 0 Å². The molecule has 53 heavy (non-hydrogen) atoms. The summed E-state index contributed by atoms with van der Waals surface area (Å²) in [6.07, 6.45) is -3.57. The third-order valence-corrected chi connectivity index (χ3v) is 23.6. The van der Waals surface area contributed by atoms with Crippen molar-refractivity contribution >= 4 is 40.1 Å². The van der Waals surface area contributed by atoms with E-state index in [1.807, 2.05) is 6.92 Å². The fourth-order valence-electron chi connectivity index (χ4n) is 10.3. The quantitative estimate of drug-likeness (QED) is 0.123. The van der Waals surface area contributed by atoms with Crippen molar-refractivity contribution in [3.63, 3.8) is 0 Å². The Bertz CT molecular complexity index is 1600. The van der Waals surface area contributed by atoms with Crippen LogP contribution in [0.4, 0.5) is 0 Å². The van der Waals surface area contributed by atoms with Gasteiger partial charge >= 0.3 is 11.9 Å². The maximum Gasteiger partial charge on any atom is 0.338 e. The topological polar surface area (TPSA) is 135 Å². The molecule has 4 aliphatic rings. The van der Waals surface area contributed by atoms with E-state index in [0.717, 1.165) is 36.3 Å². The molecule has 12 heteroatoms. The Morgan fingerprint density at radius 1 is 0.887 bits per heavy atom. The van der Waals surface area contributed by atoms with Gasteiger partial charge in [0, 0.05) is 30.8 Å². The van der Waals surface area contributed by atoms with Crippen molar-refractivity contribution in [3.8, 4) is 0 Å². The SMILES string of the molecule is CC[Si](CC)(CC)OC1C[C@@]2(O)[C@@H](OC(=O)c3ccccc3)[C@@H]3[C@]4(OC(C)=O)CO[C@@H]4CC(O[Si](CC)(CC)CC)[C@@]3(C)C(=O)C(=O)C(=C1C)C2(C)C. The lowest BCUT2D eigenvalue weighted by molar-refractivity contribution is -0.342. The molecule has 1 saturated heterocycles. The second-order valence-corrected chi connectivity index (χ2v) is 26.2. The lowest BCUT2D eigenvalue weighted by atomic mass is 9.45. The molecular formula is C41H62O10Si2. The molecule has 0 amide bonds. The first kappa shape index (κ1) is 41.7. The number of benzene rings is 1. The van der Waals surface area contributed by atoms with Crippen LogP contribution in [0.15, 0.2) is 41.5 Å². The van der Waals surface area contributed by atoms with Crippen LogP contribution in [-0.2, 0) is 37.4 Å². The van der Waals surface area contributed by atoms with E-state index in [-0.39, 0.29) is 30.6 Å². The van der Waals surface area contributed by atoms with Gasteiger partial charge in [-0.15, -0.1) is 0 Å². The summed E-state index contributed by atoms with van der Waals surface area (Å²) >= 11 is 0. The zero-order valence-electron chi connectivity index (χ0n) is 33.8. The third-order valence-electron chi connectivity index (χ3n) is 14.3. The number of carbonyl (C=O) groups excluding carboxylic acids is 4. The second kappa shape index (κ2) is 14.9. The van der Waals surface area contributed by atoms with E-state index in [1.54, 1.807) is 51.1 Å². The number of ether oxygens (including phenoxy) is 3. The van der Waals surface area contributed by atoms with E-state index in [1.165, 1.54) is 6.92 Å². The largest absolute Gasteiger partial charge is 0.455 e. The van der Waals surface area contributed by atoms with Gasteiger partial charge < -0.3 is 28.2 Å². The first-order chi connectivity index (χ1) is 24.9. The Kier molecular flexibility index (Phi) is 11.7. The fraction of sp³-hybridized carbons (Fsp3) is 0.707. The highest BCUT2D eigenvalue weighted by atomic mass is 28.4. The van der Waals surface area contributed by atoms with E-state index in [2.05, 4.69) is 41.5 Å². The molecule has 10 nitrogen and oxygen atoms in total. The minimum absolute atomic E-state index is 0.00433. The molecule has 8 atom stereocenters. The summed E-state index contributed by atoms with van der Waals surface area (Å²) in [5.74, 6) is -3.94. The van der Waals surface area contributed by atoms with Crippen LogP contribution >= 0.6 is 0 Å². The molecule has 2 bridgehead atoms. The molecule has 2 unspecified atom stereocenters. The van der Waals surface area contributed by atoms with Crippen molar-refractivity contribution in [1.29, 1.82) is 0 Å². The number of carbonyl (C=O) groups is 4. The van der Waals surface area contributed by atoms with Crippen LogP contribution in [0.5, 0.6) is 0 Å². The lowest BCUT2D eigenvalue weighted by Crippen LogP contribution is -2.82. The lowest BCUT2D eigenvalue weighted by Gasteiger charge is -2.67. The number of esters is 2. The zero-order chi connectivity index (χ0) is 39.4. The number of aliphatic hydroxyl groups is 1. The molecule has 1 aromatic carbocycles. The molecule has 1 aromatic rings. The minimum atomic E-state index is -2.46. The van der Waals surface area contributed by atoms with Gasteiger partial charge in [-0.3, -0.25) is 14.4 Å². The van der Waals surface area contributed by atoms with Crippen LogP contribution in [0.1, 0.15) is 99.4 Å². The van der Waals surface area contributed by atoms with Crippen molar-refractivity contribution in [3.05, 3.63) is 47.0 Å². The third kappa shape index (κ3) is 6.37. The molecule has 0 radical (unpaired) electrons. The van der Waals surface area contributed by atoms with Crippen molar-refractivity contribution in [2.24, 2.45) is 16.7 Å². The Hall–Kier alpha value is -2.49. The van der Waals surface area contributed by atoms with Gasteiger partial charge in [-0.25, -0.2) is 4.79 Å². The van der Waals surface area contributed by atoms with Crippen LogP contribution in [0, 0.1) is 16.7 Å². The summed E-state index contributed by atoms with van der Waals surface area (Å²) in [6.45, 7) is 20.9. The highest BCUT2D eigenvalue weighted by Gasteiger charge is 2.78. The standard InChI is InChI=1S/C41H62O10Si2/c1-12-52(13-2,14-3)50-29-24-41(46)36(48-37(45)28-21-19-18-20-22-28)34-39(11,35(44)33(43)32(26(29)7)38(41,9)10)30(51-53(15-4,16-5)17-6)23-31-40(34,25-47-31)49-27(8)42/h18-22,29-31,34,36,46H,12-17,23-25H2,1-11H3/t29?,30?,31-,34+,36+,39-,40+,41-/m1/s1. The van der Waals surface area contributed by atoms with Gasteiger partial charge in [0.25, 0.3) is 0 Å². The molecule has 2 saturated carbocycles. The molecule has 3 fully saturated rings. The molecule has 0 spiro atoms. The molecule has 1 heterocycles. The van der Waals surface area contributed by atoms with Crippen LogP contribution in [-0.4, -0.2) is 87.5 Å². The normalized spacial score (nSPS) is 33.9. The second-order valence-electron chi connectivity index (χ2n) is 16.7. The minimum Gasteiger partial charge on any atom is -0.455 e. The van der Waals surface area contributed by atoms with E-state index in [4.69, 9.17) is 23.1 Å². The Morgan fingerprint density at radius 3 is 1.92 bits per heavy atom. The van der Waals surface area contributed by atoms with Gasteiger partial charge in [-0.05, 0) is 67.8 Å². The van der Waals surface area contributed by atoms with Crippen molar-refractivity contribution < 1.29 is 47.3 Å². The van der Waals surface area contributed by atoms with Crippen LogP contribution in [0.25, 0.3) is 0 Å². The number of ketones is 2. The van der Waals surface area contributed by atoms with Crippen LogP contribution < -0.4 is 0 Å². The maximum absolute atomic E-state index is 15.5. The monoisotopic (exact) mass is 770 g/mol. The van der Waals surface area contributed by atoms with Crippen molar-refractivity contribution in [1.82, 2.24) is 0 Å². The smallest absolute Gasteiger partial charge is 0.338 e. The summed E-state index contributed by atoms with van der Waals surface area (Å²) < 4.78 is 33.4. The average Bonchev–Trinajstić information content (AvgIpc) is 3.13. The number of rotatable bonds is 13. The van der Waals surface area contributed by atoms with E-state index < -0.39 is 92.5 Å².